The van der Waals surface area contributed by atoms with E-state index in [9.17, 15) is 0 Å². The zero-order chi connectivity index (χ0) is 15.0. The molecule has 0 amide bonds. The lowest BCUT2D eigenvalue weighted by Gasteiger charge is -2.37. The first kappa shape index (κ1) is 13.1. The maximum absolute atomic E-state index is 3.67. The summed E-state index contributed by atoms with van der Waals surface area (Å²) < 4.78 is 1.19. The summed E-state index contributed by atoms with van der Waals surface area (Å²) in [6.07, 6.45) is 6.30. The van der Waals surface area contributed by atoms with Crippen LogP contribution in [-0.2, 0) is 0 Å². The Hall–Kier alpha value is -1.34. The van der Waals surface area contributed by atoms with Gasteiger partial charge in [-0.2, -0.15) is 0 Å². The van der Waals surface area contributed by atoms with E-state index >= 15 is 0 Å². The van der Waals surface area contributed by atoms with Crippen LogP contribution in [0.5, 0.6) is 0 Å². The molecule has 4 atom stereocenters. The summed E-state index contributed by atoms with van der Waals surface area (Å²) in [5.74, 6) is 2.86. The fourth-order valence-corrected chi connectivity index (χ4v) is 5.43. The zero-order valence-electron chi connectivity index (χ0n) is 12.9. The van der Waals surface area contributed by atoms with Crippen LogP contribution in [0.2, 0.25) is 0 Å². The molecule has 0 N–H and O–H groups in total. The second-order valence-electron chi connectivity index (χ2n) is 7.26. The molecule has 1 saturated carbocycles. The van der Waals surface area contributed by atoms with Gasteiger partial charge in [0.1, 0.15) is 0 Å². The molecule has 2 aromatic rings. The molecule has 0 radical (unpaired) electrons. The first-order valence-corrected chi connectivity index (χ1v) is 9.02. The Morgan fingerprint density at radius 2 is 1.45 bits per heavy atom. The van der Waals surface area contributed by atoms with Gasteiger partial charge in [0.2, 0.25) is 0 Å². The molecule has 0 aliphatic heterocycles. The van der Waals surface area contributed by atoms with Crippen molar-refractivity contribution in [3.05, 3.63) is 69.2 Å². The van der Waals surface area contributed by atoms with Crippen LogP contribution in [0.3, 0.4) is 0 Å². The van der Waals surface area contributed by atoms with Crippen LogP contribution in [0.15, 0.2) is 47.0 Å². The topological polar surface area (TPSA) is 0 Å². The first-order valence-electron chi connectivity index (χ1n) is 8.23. The molecular weight excluding hydrogens is 332 g/mol. The number of hydrogen-bond donors (Lipinski definition) is 0. The maximum atomic E-state index is 3.67. The van der Waals surface area contributed by atoms with Gasteiger partial charge in [-0.05, 0) is 89.5 Å². The largest absolute Gasteiger partial charge is 0.0845 e. The number of hydrogen-bond acceptors (Lipinski definition) is 0. The maximum Gasteiger partial charge on any atom is 0.0181 e. The molecule has 1 heteroatoms. The van der Waals surface area contributed by atoms with E-state index < -0.39 is 0 Å². The Balaban J connectivity index is 1.86. The summed E-state index contributed by atoms with van der Waals surface area (Å²) in [4.78, 5) is 0. The Morgan fingerprint density at radius 1 is 0.818 bits per heavy atom. The van der Waals surface area contributed by atoms with E-state index in [1.54, 1.807) is 11.1 Å². The van der Waals surface area contributed by atoms with Crippen molar-refractivity contribution >= 4 is 15.9 Å². The summed E-state index contributed by atoms with van der Waals surface area (Å²) >= 11 is 3.67. The fraction of sp³-hybridized carbons (Fsp3) is 0.333. The number of fused-ring (bicyclic) bond motifs is 10. The summed E-state index contributed by atoms with van der Waals surface area (Å²) in [7, 11) is 0. The zero-order valence-corrected chi connectivity index (χ0v) is 14.5. The first-order chi connectivity index (χ1) is 10.6. The standard InChI is InChI=1S/C21H19Br/c1-11-7-17-18-10-15(22)5-6-16(18)20-13-3-4-14(9-13)21(20)19(17)8-12(11)2/h3-8,10,13-14,20-21H,9H2,1-2H3. The van der Waals surface area contributed by atoms with Gasteiger partial charge in [-0.3, -0.25) is 0 Å². The monoisotopic (exact) mass is 350 g/mol. The number of benzene rings is 2. The molecule has 5 rings (SSSR count). The van der Waals surface area contributed by atoms with Gasteiger partial charge in [-0.1, -0.05) is 46.3 Å². The lowest BCUT2D eigenvalue weighted by atomic mass is 9.67. The van der Waals surface area contributed by atoms with Crippen LogP contribution in [0.4, 0.5) is 0 Å². The smallest absolute Gasteiger partial charge is 0.0181 e. The second-order valence-corrected chi connectivity index (χ2v) is 8.17. The van der Waals surface area contributed by atoms with Crippen LogP contribution < -0.4 is 0 Å². The van der Waals surface area contributed by atoms with E-state index in [1.807, 2.05) is 0 Å². The van der Waals surface area contributed by atoms with E-state index in [1.165, 1.54) is 33.1 Å². The highest BCUT2D eigenvalue weighted by atomic mass is 79.9. The summed E-state index contributed by atoms with van der Waals surface area (Å²) in [5.41, 5.74) is 8.93. The van der Waals surface area contributed by atoms with E-state index in [-0.39, 0.29) is 0 Å². The van der Waals surface area contributed by atoms with Gasteiger partial charge in [0.05, 0.1) is 0 Å². The Bertz CT molecular complexity index is 830. The normalized spacial score (nSPS) is 30.1. The molecule has 0 aromatic heterocycles. The predicted octanol–water partition coefficient (Wildman–Crippen LogP) is 6.12. The van der Waals surface area contributed by atoms with Crippen molar-refractivity contribution in [2.75, 3.05) is 0 Å². The third kappa shape index (κ3) is 1.58. The SMILES string of the molecule is Cc1cc2c(cc1C)C1C3C=CC(C3)C1c1ccc(Br)cc1-2. The van der Waals surface area contributed by atoms with Gasteiger partial charge in [-0.25, -0.2) is 0 Å². The van der Waals surface area contributed by atoms with E-state index in [0.29, 0.717) is 11.8 Å². The van der Waals surface area contributed by atoms with Gasteiger partial charge >= 0.3 is 0 Å². The number of rotatable bonds is 0. The van der Waals surface area contributed by atoms with Gasteiger partial charge in [0.25, 0.3) is 0 Å². The Kier molecular flexibility index (Phi) is 2.60. The highest BCUT2D eigenvalue weighted by Crippen LogP contribution is 2.62. The minimum atomic E-state index is 0.688. The van der Waals surface area contributed by atoms with Crippen LogP contribution in [0, 0.1) is 25.7 Å². The minimum Gasteiger partial charge on any atom is -0.0845 e. The van der Waals surface area contributed by atoms with E-state index in [4.69, 9.17) is 0 Å². The predicted molar refractivity (Wildman–Crippen MR) is 95.3 cm³/mol. The number of halogens is 1. The van der Waals surface area contributed by atoms with Gasteiger partial charge in [-0.15, -0.1) is 0 Å². The molecule has 3 aliphatic carbocycles. The van der Waals surface area contributed by atoms with E-state index in [0.717, 1.165) is 11.8 Å². The average molecular weight is 351 g/mol. The highest BCUT2D eigenvalue weighted by molar-refractivity contribution is 9.10. The molecule has 0 saturated heterocycles. The van der Waals surface area contributed by atoms with Crippen molar-refractivity contribution in [3.63, 3.8) is 0 Å². The van der Waals surface area contributed by atoms with Gasteiger partial charge < -0.3 is 0 Å². The van der Waals surface area contributed by atoms with Crippen molar-refractivity contribution in [3.8, 4) is 11.1 Å². The molecule has 2 bridgehead atoms. The Morgan fingerprint density at radius 3 is 2.23 bits per heavy atom. The number of aryl methyl sites for hydroxylation is 2. The summed E-state index contributed by atoms with van der Waals surface area (Å²) in [5, 5.41) is 0. The van der Waals surface area contributed by atoms with Crippen molar-refractivity contribution in [1.82, 2.24) is 0 Å². The molecule has 0 nitrogen and oxygen atoms in total. The molecular formula is C21H19Br. The van der Waals surface area contributed by atoms with Crippen LogP contribution in [0.1, 0.15) is 40.5 Å². The third-order valence-corrected chi connectivity index (χ3v) is 6.64. The fourth-order valence-electron chi connectivity index (χ4n) is 5.07. The van der Waals surface area contributed by atoms with Gasteiger partial charge in [0, 0.05) is 4.47 Å². The molecule has 22 heavy (non-hydrogen) atoms. The van der Waals surface area contributed by atoms with Crippen LogP contribution in [-0.4, -0.2) is 0 Å². The molecule has 0 heterocycles. The highest BCUT2D eigenvalue weighted by Gasteiger charge is 2.49. The molecule has 0 spiro atoms. The van der Waals surface area contributed by atoms with Crippen LogP contribution in [0.25, 0.3) is 11.1 Å². The van der Waals surface area contributed by atoms with Crippen molar-refractivity contribution < 1.29 is 0 Å². The minimum absolute atomic E-state index is 0.688. The quantitative estimate of drug-likeness (QED) is 0.502. The number of allylic oxidation sites excluding steroid dienone is 2. The lowest BCUT2D eigenvalue weighted by molar-refractivity contribution is 0.503. The van der Waals surface area contributed by atoms with Crippen molar-refractivity contribution in [2.45, 2.75) is 32.1 Å². The van der Waals surface area contributed by atoms with Gasteiger partial charge in [0.15, 0.2) is 0 Å². The molecule has 2 aromatic carbocycles. The van der Waals surface area contributed by atoms with E-state index in [2.05, 4.69) is 72.3 Å². The molecule has 1 fully saturated rings. The third-order valence-electron chi connectivity index (χ3n) is 6.15. The molecule has 3 aliphatic rings. The molecule has 4 unspecified atom stereocenters. The Labute approximate surface area is 140 Å². The van der Waals surface area contributed by atoms with Crippen LogP contribution >= 0.6 is 15.9 Å². The average Bonchev–Trinajstić information content (AvgIpc) is 3.10. The molecule has 110 valence electrons. The lowest BCUT2D eigenvalue weighted by Crippen LogP contribution is -2.21. The van der Waals surface area contributed by atoms with Crippen molar-refractivity contribution in [1.29, 1.82) is 0 Å². The summed E-state index contributed by atoms with van der Waals surface area (Å²) in [6, 6.07) is 11.8. The second kappa shape index (κ2) is 4.35. The van der Waals surface area contributed by atoms with Crippen molar-refractivity contribution in [2.24, 2.45) is 11.8 Å². The summed E-state index contributed by atoms with van der Waals surface area (Å²) in [6.45, 7) is 4.49.